The number of carbonyl (C=O) groups excluding carboxylic acids is 1. The standard InChI is InChI=1S/C26H23F3O2/c1-16-7-12-20(23(27)15-16)18-8-10-19(11-9-18)31-26(30)22-14-13-21(24(28)25(22)29)17-5-3-2-4-6-17/h7-15,17H,2-6H2,1H3. The third kappa shape index (κ3) is 4.50. The number of aryl methyl sites for hydroxylation is 1. The Labute approximate surface area is 179 Å². The minimum Gasteiger partial charge on any atom is -0.423 e. The zero-order chi connectivity index (χ0) is 22.0. The van der Waals surface area contributed by atoms with Crippen molar-refractivity contribution >= 4 is 5.97 Å². The number of carbonyl (C=O) groups is 1. The Morgan fingerprint density at radius 2 is 1.58 bits per heavy atom. The van der Waals surface area contributed by atoms with Crippen molar-refractivity contribution in [3.8, 4) is 16.9 Å². The van der Waals surface area contributed by atoms with Crippen LogP contribution in [0.5, 0.6) is 5.75 Å². The molecule has 0 atom stereocenters. The third-order valence-corrected chi connectivity index (χ3v) is 5.88. The number of esters is 1. The summed E-state index contributed by atoms with van der Waals surface area (Å²) < 4.78 is 48.6. The molecule has 1 aliphatic carbocycles. The largest absolute Gasteiger partial charge is 0.423 e. The first-order valence-electron chi connectivity index (χ1n) is 10.5. The lowest BCUT2D eigenvalue weighted by Crippen LogP contribution is -2.14. The Morgan fingerprint density at radius 3 is 2.26 bits per heavy atom. The number of ether oxygens (including phenoxy) is 1. The minimum absolute atomic E-state index is 0.0111. The highest BCUT2D eigenvalue weighted by molar-refractivity contribution is 5.91. The van der Waals surface area contributed by atoms with Gasteiger partial charge in [-0.15, -0.1) is 0 Å². The van der Waals surface area contributed by atoms with E-state index in [0.29, 0.717) is 16.7 Å². The molecule has 2 nitrogen and oxygen atoms in total. The molecule has 0 bridgehead atoms. The van der Waals surface area contributed by atoms with E-state index in [-0.39, 0.29) is 17.5 Å². The van der Waals surface area contributed by atoms with Crippen LogP contribution in [-0.2, 0) is 0 Å². The van der Waals surface area contributed by atoms with Crippen molar-refractivity contribution in [1.82, 2.24) is 0 Å². The van der Waals surface area contributed by atoms with Gasteiger partial charge >= 0.3 is 5.97 Å². The van der Waals surface area contributed by atoms with E-state index in [1.54, 1.807) is 31.2 Å². The van der Waals surface area contributed by atoms with E-state index in [1.165, 1.54) is 30.3 Å². The summed E-state index contributed by atoms with van der Waals surface area (Å²) in [5, 5.41) is 0. The molecule has 0 saturated heterocycles. The van der Waals surface area contributed by atoms with E-state index >= 15 is 0 Å². The van der Waals surface area contributed by atoms with Crippen LogP contribution in [0.3, 0.4) is 0 Å². The molecular formula is C26H23F3O2. The van der Waals surface area contributed by atoms with Crippen molar-refractivity contribution in [2.24, 2.45) is 0 Å². The molecule has 0 spiro atoms. The summed E-state index contributed by atoms with van der Waals surface area (Å²) in [7, 11) is 0. The van der Waals surface area contributed by atoms with Crippen molar-refractivity contribution in [3.63, 3.8) is 0 Å². The van der Waals surface area contributed by atoms with E-state index in [2.05, 4.69) is 0 Å². The molecule has 3 aromatic rings. The predicted molar refractivity (Wildman–Crippen MR) is 114 cm³/mol. The third-order valence-electron chi connectivity index (χ3n) is 5.88. The van der Waals surface area contributed by atoms with Gasteiger partial charge in [0.25, 0.3) is 0 Å². The summed E-state index contributed by atoms with van der Waals surface area (Å²) >= 11 is 0. The van der Waals surface area contributed by atoms with E-state index in [4.69, 9.17) is 4.74 Å². The van der Waals surface area contributed by atoms with Crippen LogP contribution < -0.4 is 4.74 Å². The van der Waals surface area contributed by atoms with Crippen LogP contribution in [0.15, 0.2) is 54.6 Å². The van der Waals surface area contributed by atoms with Crippen molar-refractivity contribution in [1.29, 1.82) is 0 Å². The lowest BCUT2D eigenvalue weighted by atomic mass is 9.83. The number of halogens is 3. The van der Waals surface area contributed by atoms with Gasteiger partial charge in [-0.3, -0.25) is 0 Å². The van der Waals surface area contributed by atoms with Crippen molar-refractivity contribution in [2.75, 3.05) is 0 Å². The van der Waals surface area contributed by atoms with Crippen molar-refractivity contribution < 1.29 is 22.7 Å². The van der Waals surface area contributed by atoms with Crippen LogP contribution in [0.2, 0.25) is 0 Å². The second-order valence-corrected chi connectivity index (χ2v) is 8.06. The average molecular weight is 424 g/mol. The maximum atomic E-state index is 14.6. The van der Waals surface area contributed by atoms with E-state index in [1.807, 2.05) is 0 Å². The van der Waals surface area contributed by atoms with Crippen LogP contribution in [0, 0.1) is 24.4 Å². The lowest BCUT2D eigenvalue weighted by Gasteiger charge is -2.22. The zero-order valence-electron chi connectivity index (χ0n) is 17.3. The molecule has 1 aliphatic rings. The fraction of sp³-hybridized carbons (Fsp3) is 0.269. The molecule has 1 fully saturated rings. The topological polar surface area (TPSA) is 26.3 Å². The fourth-order valence-corrected chi connectivity index (χ4v) is 4.17. The average Bonchev–Trinajstić information content (AvgIpc) is 2.77. The SMILES string of the molecule is Cc1ccc(-c2ccc(OC(=O)c3ccc(C4CCCCC4)c(F)c3F)cc2)c(F)c1. The maximum absolute atomic E-state index is 14.6. The zero-order valence-corrected chi connectivity index (χ0v) is 17.3. The van der Waals surface area contributed by atoms with Gasteiger partial charge in [0.05, 0.1) is 5.56 Å². The first-order chi connectivity index (χ1) is 14.9. The molecule has 0 aromatic heterocycles. The molecule has 0 N–H and O–H groups in total. The van der Waals surface area contributed by atoms with Gasteiger partial charge in [0.1, 0.15) is 11.6 Å². The number of benzene rings is 3. The van der Waals surface area contributed by atoms with Crippen molar-refractivity contribution in [2.45, 2.75) is 44.9 Å². The smallest absolute Gasteiger partial charge is 0.346 e. The molecule has 4 rings (SSSR count). The molecule has 160 valence electrons. The number of rotatable bonds is 4. The summed E-state index contributed by atoms with van der Waals surface area (Å²) in [6.45, 7) is 1.80. The van der Waals surface area contributed by atoms with E-state index in [9.17, 15) is 18.0 Å². The quantitative estimate of drug-likeness (QED) is 0.323. The first kappa shape index (κ1) is 21.2. The summed E-state index contributed by atoms with van der Waals surface area (Å²) in [4.78, 5) is 12.4. The van der Waals surface area contributed by atoms with Crippen LogP contribution in [0.25, 0.3) is 11.1 Å². The molecule has 3 aromatic carbocycles. The Morgan fingerprint density at radius 1 is 0.871 bits per heavy atom. The Kier molecular flexibility index (Phi) is 6.12. The molecule has 0 heterocycles. The van der Waals surface area contributed by atoms with Crippen LogP contribution >= 0.6 is 0 Å². The molecule has 31 heavy (non-hydrogen) atoms. The highest BCUT2D eigenvalue weighted by Gasteiger charge is 2.25. The summed E-state index contributed by atoms with van der Waals surface area (Å²) in [6, 6.07) is 13.9. The normalized spacial score (nSPS) is 14.5. The monoisotopic (exact) mass is 424 g/mol. The van der Waals surface area contributed by atoms with E-state index < -0.39 is 23.2 Å². The molecule has 0 radical (unpaired) electrons. The highest BCUT2D eigenvalue weighted by Crippen LogP contribution is 2.35. The summed E-state index contributed by atoms with van der Waals surface area (Å²) in [5.74, 6) is -3.31. The highest BCUT2D eigenvalue weighted by atomic mass is 19.2. The second-order valence-electron chi connectivity index (χ2n) is 8.06. The molecule has 1 saturated carbocycles. The number of hydrogen-bond acceptors (Lipinski definition) is 2. The van der Waals surface area contributed by atoms with Gasteiger partial charge < -0.3 is 4.74 Å². The van der Waals surface area contributed by atoms with Crippen molar-refractivity contribution in [3.05, 3.63) is 88.7 Å². The van der Waals surface area contributed by atoms with Gasteiger partial charge in [-0.05, 0) is 66.6 Å². The van der Waals surface area contributed by atoms with Gasteiger partial charge in [-0.1, -0.05) is 49.6 Å². The van der Waals surface area contributed by atoms with Crippen LogP contribution in [0.1, 0.15) is 59.5 Å². The van der Waals surface area contributed by atoms with Gasteiger partial charge in [0.2, 0.25) is 0 Å². The van der Waals surface area contributed by atoms with Crippen LogP contribution in [-0.4, -0.2) is 5.97 Å². The Bertz CT molecular complexity index is 1100. The molecule has 0 amide bonds. The van der Waals surface area contributed by atoms with Gasteiger partial charge in [-0.25, -0.2) is 18.0 Å². The maximum Gasteiger partial charge on any atom is 0.346 e. The van der Waals surface area contributed by atoms with Gasteiger partial charge in [0, 0.05) is 5.56 Å². The van der Waals surface area contributed by atoms with Crippen LogP contribution in [0.4, 0.5) is 13.2 Å². The molecule has 0 unspecified atom stereocenters. The minimum atomic E-state index is -1.17. The molecule has 5 heteroatoms. The summed E-state index contributed by atoms with van der Waals surface area (Å²) in [6.07, 6.45) is 4.76. The first-order valence-corrected chi connectivity index (χ1v) is 10.5. The Balaban J connectivity index is 1.51. The number of hydrogen-bond donors (Lipinski definition) is 0. The molecule has 0 aliphatic heterocycles. The second kappa shape index (κ2) is 8.96. The predicted octanol–water partition coefficient (Wildman–Crippen LogP) is 7.35. The lowest BCUT2D eigenvalue weighted by molar-refractivity contribution is 0.0728. The summed E-state index contributed by atoms with van der Waals surface area (Å²) in [5.41, 5.74) is 1.75. The van der Waals surface area contributed by atoms with Gasteiger partial charge in [-0.2, -0.15) is 0 Å². The molecular weight excluding hydrogens is 401 g/mol. The van der Waals surface area contributed by atoms with Gasteiger partial charge in [0.15, 0.2) is 11.6 Å². The Hall–Kier alpha value is -3.08. The fourth-order valence-electron chi connectivity index (χ4n) is 4.17. The van der Waals surface area contributed by atoms with E-state index in [0.717, 1.165) is 37.7 Å².